The number of aromatic nitrogens is 5. The van der Waals surface area contributed by atoms with Gasteiger partial charge in [0.1, 0.15) is 11.5 Å². The van der Waals surface area contributed by atoms with Crippen molar-refractivity contribution in [3.63, 3.8) is 0 Å². The Kier molecular flexibility index (Phi) is 4.59. The first-order chi connectivity index (χ1) is 13.8. The largest absolute Gasteiger partial charge is 0.434 e. The highest BCUT2D eigenvalue weighted by Gasteiger charge is 2.34. The van der Waals surface area contributed by atoms with E-state index in [1.807, 2.05) is 11.8 Å². The summed E-state index contributed by atoms with van der Waals surface area (Å²) in [5.41, 5.74) is 5.04. The molecule has 2 atom stereocenters. The van der Waals surface area contributed by atoms with Crippen LogP contribution < -0.4 is 10.6 Å². The van der Waals surface area contributed by atoms with Gasteiger partial charge >= 0.3 is 6.18 Å². The number of hydrogen-bond acceptors (Lipinski definition) is 6. The second kappa shape index (κ2) is 6.98. The number of fused-ring (bicyclic) bond motifs is 1. The number of carbonyl (C=O) groups excluding carboxylic acids is 1. The van der Waals surface area contributed by atoms with Crippen LogP contribution in [0.2, 0.25) is 0 Å². The van der Waals surface area contributed by atoms with Gasteiger partial charge in [-0.05, 0) is 25.8 Å². The molecule has 4 heterocycles. The van der Waals surface area contributed by atoms with Crippen LogP contribution in [0.5, 0.6) is 0 Å². The Morgan fingerprint density at radius 3 is 2.76 bits per heavy atom. The Balaban J connectivity index is 1.73. The molecule has 2 N–H and O–H groups in total. The number of nitrogens with zero attached hydrogens (tertiary/aromatic N) is 6. The monoisotopic (exact) mass is 405 g/mol. The maximum atomic E-state index is 13.0. The molecule has 0 aromatic carbocycles. The fourth-order valence-corrected chi connectivity index (χ4v) is 3.68. The zero-order chi connectivity index (χ0) is 20.8. The van der Waals surface area contributed by atoms with E-state index in [0.29, 0.717) is 24.5 Å². The van der Waals surface area contributed by atoms with Gasteiger partial charge in [-0.3, -0.25) is 9.20 Å². The summed E-state index contributed by atoms with van der Waals surface area (Å²) in [5.74, 6) is 0.153. The minimum absolute atomic E-state index is 0.146. The molecular formula is C18H18F3N7O. The van der Waals surface area contributed by atoms with Crippen molar-refractivity contribution in [1.29, 1.82) is 0 Å². The zero-order valence-corrected chi connectivity index (χ0v) is 15.5. The molecule has 0 bridgehead atoms. The van der Waals surface area contributed by atoms with Gasteiger partial charge in [-0.25, -0.2) is 19.9 Å². The zero-order valence-electron chi connectivity index (χ0n) is 15.5. The Bertz CT molecular complexity index is 1070. The lowest BCUT2D eigenvalue weighted by atomic mass is 9.89. The van der Waals surface area contributed by atoms with E-state index in [1.165, 1.54) is 16.8 Å². The predicted octanol–water partition coefficient (Wildman–Crippen LogP) is 2.30. The second-order valence-electron chi connectivity index (χ2n) is 6.97. The van der Waals surface area contributed by atoms with Crippen LogP contribution in [0, 0.1) is 5.92 Å². The highest BCUT2D eigenvalue weighted by Crippen LogP contribution is 2.30. The molecule has 3 aromatic rings. The number of carbonyl (C=O) groups is 1. The number of piperidine rings is 1. The average Bonchev–Trinajstić information content (AvgIpc) is 3.10. The van der Waals surface area contributed by atoms with Crippen molar-refractivity contribution in [2.75, 3.05) is 11.4 Å². The van der Waals surface area contributed by atoms with Gasteiger partial charge in [0.25, 0.3) is 0 Å². The quantitative estimate of drug-likeness (QED) is 0.717. The van der Waals surface area contributed by atoms with Crippen molar-refractivity contribution < 1.29 is 18.0 Å². The molecule has 0 aliphatic carbocycles. The van der Waals surface area contributed by atoms with E-state index in [-0.39, 0.29) is 29.3 Å². The molecule has 0 radical (unpaired) electrons. The molecule has 11 heteroatoms. The molecule has 3 aromatic heterocycles. The molecule has 152 valence electrons. The highest BCUT2D eigenvalue weighted by molar-refractivity contribution is 5.78. The number of amides is 1. The van der Waals surface area contributed by atoms with Gasteiger partial charge in [0.2, 0.25) is 5.91 Å². The summed E-state index contributed by atoms with van der Waals surface area (Å²) in [6, 6.07) is 1.56. The molecule has 1 fully saturated rings. The number of primary amides is 1. The minimum atomic E-state index is -4.58. The van der Waals surface area contributed by atoms with Crippen LogP contribution in [0.3, 0.4) is 0 Å². The number of imidazole rings is 1. The Morgan fingerprint density at radius 1 is 1.24 bits per heavy atom. The Hall–Kier alpha value is -3.24. The van der Waals surface area contributed by atoms with E-state index < -0.39 is 11.9 Å². The summed E-state index contributed by atoms with van der Waals surface area (Å²) in [6.07, 6.45) is 1.79. The van der Waals surface area contributed by atoms with E-state index >= 15 is 0 Å². The fraction of sp³-hybridized carbons (Fsp3) is 0.389. The van der Waals surface area contributed by atoms with Gasteiger partial charge in [0.15, 0.2) is 17.2 Å². The topological polar surface area (TPSA) is 102 Å². The molecule has 2 unspecified atom stereocenters. The molecular weight excluding hydrogens is 387 g/mol. The number of alkyl halides is 3. The predicted molar refractivity (Wildman–Crippen MR) is 97.7 cm³/mol. The van der Waals surface area contributed by atoms with E-state index in [0.717, 1.165) is 18.8 Å². The van der Waals surface area contributed by atoms with Gasteiger partial charge in [-0.2, -0.15) is 13.2 Å². The number of halogens is 3. The van der Waals surface area contributed by atoms with E-state index in [4.69, 9.17) is 5.73 Å². The molecule has 1 aliphatic heterocycles. The van der Waals surface area contributed by atoms with Gasteiger partial charge in [-0.1, -0.05) is 0 Å². The van der Waals surface area contributed by atoms with Crippen LogP contribution in [0.4, 0.5) is 19.0 Å². The standard InChI is InChI=1S/C18H18F3N7O/c1-10-11(16(22)29)3-2-6-27(10)14-4-5-23-17(26-14)12-7-25-15-8-24-13(9-28(12)15)18(19,20)21/h4-5,7-11H,2-3,6H2,1H3,(H2,22,29). The van der Waals surface area contributed by atoms with Crippen molar-refractivity contribution in [2.24, 2.45) is 11.7 Å². The summed E-state index contributed by atoms with van der Waals surface area (Å²) in [7, 11) is 0. The summed E-state index contributed by atoms with van der Waals surface area (Å²) >= 11 is 0. The molecule has 1 amide bonds. The second-order valence-corrected chi connectivity index (χ2v) is 6.97. The number of hydrogen-bond donors (Lipinski definition) is 1. The van der Waals surface area contributed by atoms with E-state index in [1.54, 1.807) is 6.07 Å². The van der Waals surface area contributed by atoms with Gasteiger partial charge in [0.05, 0.1) is 18.3 Å². The summed E-state index contributed by atoms with van der Waals surface area (Å²) < 4.78 is 40.4. The molecule has 0 spiro atoms. The van der Waals surface area contributed by atoms with Crippen molar-refractivity contribution in [3.8, 4) is 11.5 Å². The lowest BCUT2D eigenvalue weighted by Crippen LogP contribution is -2.48. The summed E-state index contributed by atoms with van der Waals surface area (Å²) in [4.78, 5) is 29.9. The average molecular weight is 405 g/mol. The minimum Gasteiger partial charge on any atom is -0.369 e. The number of anilines is 1. The van der Waals surface area contributed by atoms with E-state index in [9.17, 15) is 18.0 Å². The van der Waals surface area contributed by atoms with Crippen LogP contribution in [-0.2, 0) is 11.0 Å². The fourth-order valence-electron chi connectivity index (χ4n) is 3.68. The first-order valence-electron chi connectivity index (χ1n) is 9.05. The van der Waals surface area contributed by atoms with Crippen LogP contribution >= 0.6 is 0 Å². The van der Waals surface area contributed by atoms with Gasteiger partial charge in [-0.15, -0.1) is 0 Å². The maximum Gasteiger partial charge on any atom is 0.434 e. The van der Waals surface area contributed by atoms with Crippen LogP contribution in [0.1, 0.15) is 25.5 Å². The van der Waals surface area contributed by atoms with E-state index in [2.05, 4.69) is 19.9 Å². The lowest BCUT2D eigenvalue weighted by Gasteiger charge is -2.38. The highest BCUT2D eigenvalue weighted by atomic mass is 19.4. The number of nitrogens with two attached hydrogens (primary N) is 1. The van der Waals surface area contributed by atoms with Crippen molar-refractivity contribution in [1.82, 2.24) is 24.3 Å². The van der Waals surface area contributed by atoms with Crippen LogP contribution in [-0.4, -0.2) is 42.8 Å². The SMILES string of the molecule is CC1C(C(N)=O)CCCN1c1ccnc(-c2cnc3cnc(C(F)(F)F)cn23)n1. The third kappa shape index (κ3) is 3.47. The first kappa shape index (κ1) is 19.1. The summed E-state index contributed by atoms with van der Waals surface area (Å²) in [5, 5.41) is 0. The van der Waals surface area contributed by atoms with Gasteiger partial charge in [0, 0.05) is 25.0 Å². The number of rotatable bonds is 3. The third-order valence-corrected chi connectivity index (χ3v) is 5.20. The molecule has 0 saturated carbocycles. The van der Waals surface area contributed by atoms with Crippen LogP contribution in [0.25, 0.3) is 17.2 Å². The Labute approximate surface area is 163 Å². The Morgan fingerprint density at radius 2 is 2.03 bits per heavy atom. The lowest BCUT2D eigenvalue weighted by molar-refractivity contribution is -0.141. The first-order valence-corrected chi connectivity index (χ1v) is 9.05. The smallest absolute Gasteiger partial charge is 0.369 e. The molecule has 1 aliphatic rings. The van der Waals surface area contributed by atoms with Crippen molar-refractivity contribution in [3.05, 3.63) is 36.5 Å². The van der Waals surface area contributed by atoms with Gasteiger partial charge < -0.3 is 10.6 Å². The molecule has 29 heavy (non-hydrogen) atoms. The molecule has 4 rings (SSSR count). The normalized spacial score (nSPS) is 20.2. The third-order valence-electron chi connectivity index (χ3n) is 5.20. The molecule has 8 nitrogen and oxygen atoms in total. The van der Waals surface area contributed by atoms with Crippen LogP contribution in [0.15, 0.2) is 30.9 Å². The van der Waals surface area contributed by atoms with Crippen molar-refractivity contribution >= 4 is 17.4 Å². The van der Waals surface area contributed by atoms with Crippen molar-refractivity contribution in [2.45, 2.75) is 32.0 Å². The molecule has 1 saturated heterocycles. The summed E-state index contributed by atoms with van der Waals surface area (Å²) in [6.45, 7) is 2.60. The maximum absolute atomic E-state index is 13.0.